The lowest BCUT2D eigenvalue weighted by atomic mass is 9.87. The van der Waals surface area contributed by atoms with Gasteiger partial charge >= 0.3 is 11.9 Å². The third-order valence-corrected chi connectivity index (χ3v) is 3.45. The summed E-state index contributed by atoms with van der Waals surface area (Å²) in [5.74, 6) is -1.15. The van der Waals surface area contributed by atoms with Crippen LogP contribution >= 0.6 is 11.6 Å². The Hall–Kier alpha value is -1.07. The summed E-state index contributed by atoms with van der Waals surface area (Å²) in [4.78, 5) is 22.8. The Labute approximate surface area is 117 Å². The zero-order valence-electron chi connectivity index (χ0n) is 10.9. The van der Waals surface area contributed by atoms with Crippen LogP contribution in [0.3, 0.4) is 0 Å². The molecule has 0 saturated heterocycles. The molecule has 1 aliphatic carbocycles. The fraction of sp³-hybridized carbons (Fsp3) is 0.692. The molecule has 19 heavy (non-hydrogen) atoms. The Morgan fingerprint density at radius 3 is 2.53 bits per heavy atom. The number of ether oxygens (including phenoxy) is 2. The molecule has 108 valence electrons. The topological polar surface area (TPSA) is 72.8 Å². The minimum atomic E-state index is -0.553. The molecule has 0 heterocycles. The third kappa shape index (κ3) is 5.20. The number of rotatable bonds is 5. The van der Waals surface area contributed by atoms with E-state index in [-0.39, 0.29) is 25.1 Å². The van der Waals surface area contributed by atoms with Gasteiger partial charge in [-0.3, -0.25) is 4.79 Å². The lowest BCUT2D eigenvalue weighted by Gasteiger charge is -2.28. The van der Waals surface area contributed by atoms with E-state index in [1.54, 1.807) is 6.92 Å². The maximum Gasteiger partial charge on any atom is 0.333 e. The molecule has 0 aromatic heterocycles. The van der Waals surface area contributed by atoms with Crippen LogP contribution in [0.15, 0.2) is 12.2 Å². The van der Waals surface area contributed by atoms with Crippen molar-refractivity contribution in [3.05, 3.63) is 12.2 Å². The molecule has 0 aliphatic heterocycles. The third-order valence-electron chi connectivity index (χ3n) is 2.98. The van der Waals surface area contributed by atoms with Gasteiger partial charge in [-0.25, -0.2) is 4.79 Å². The number of carbonyl (C=O) groups is 2. The molecule has 1 fully saturated rings. The minimum Gasteiger partial charge on any atom is -0.462 e. The Morgan fingerprint density at radius 1 is 1.32 bits per heavy atom. The quantitative estimate of drug-likeness (QED) is 0.359. The molecule has 0 aromatic rings. The molecule has 6 heteroatoms. The summed E-state index contributed by atoms with van der Waals surface area (Å²) in [6, 6.07) is 0. The highest BCUT2D eigenvalue weighted by molar-refractivity contribution is 6.21. The smallest absolute Gasteiger partial charge is 0.333 e. The second-order valence-electron chi connectivity index (χ2n) is 4.68. The molecule has 1 rings (SSSR count). The molecular formula is C13H19ClO5. The van der Waals surface area contributed by atoms with Crippen LogP contribution in [0.4, 0.5) is 0 Å². The van der Waals surface area contributed by atoms with Crippen molar-refractivity contribution in [1.82, 2.24) is 0 Å². The zero-order chi connectivity index (χ0) is 14.4. The van der Waals surface area contributed by atoms with Crippen LogP contribution in [-0.4, -0.2) is 41.7 Å². The van der Waals surface area contributed by atoms with Gasteiger partial charge in [0.25, 0.3) is 0 Å². The van der Waals surface area contributed by atoms with E-state index in [2.05, 4.69) is 6.58 Å². The van der Waals surface area contributed by atoms with Gasteiger partial charge in [0.1, 0.15) is 13.2 Å². The van der Waals surface area contributed by atoms with Crippen LogP contribution in [0.25, 0.3) is 0 Å². The summed E-state index contributed by atoms with van der Waals surface area (Å²) in [5, 5.41) is 9.04. The number of hydrogen-bond donors (Lipinski definition) is 1. The molecule has 0 amide bonds. The standard InChI is InChI=1S/C13H19ClO5/c1-8(2)12(16)18-5-6-19-13(17)9-3-4-11(15)10(14)7-9/h9-11,15H,1,3-7H2,2H3. The molecule has 1 N–H and O–H groups in total. The summed E-state index contributed by atoms with van der Waals surface area (Å²) in [6.07, 6.45) is 0.919. The Bertz CT molecular complexity index is 355. The predicted molar refractivity (Wildman–Crippen MR) is 69.7 cm³/mol. The summed E-state index contributed by atoms with van der Waals surface area (Å²) in [6.45, 7) is 5.01. The molecule has 3 atom stereocenters. The van der Waals surface area contributed by atoms with Gasteiger partial charge in [0.05, 0.1) is 17.4 Å². The van der Waals surface area contributed by atoms with Crippen LogP contribution in [0.1, 0.15) is 26.2 Å². The maximum atomic E-state index is 11.7. The van der Waals surface area contributed by atoms with Crippen molar-refractivity contribution in [2.75, 3.05) is 13.2 Å². The van der Waals surface area contributed by atoms with Crippen molar-refractivity contribution in [1.29, 1.82) is 0 Å². The molecule has 0 spiro atoms. The fourth-order valence-corrected chi connectivity index (χ4v) is 2.17. The molecule has 5 nitrogen and oxygen atoms in total. The number of halogens is 1. The van der Waals surface area contributed by atoms with E-state index in [4.69, 9.17) is 21.1 Å². The first-order valence-electron chi connectivity index (χ1n) is 6.23. The van der Waals surface area contributed by atoms with Gasteiger partial charge in [0.15, 0.2) is 0 Å². The van der Waals surface area contributed by atoms with Crippen molar-refractivity contribution in [2.45, 2.75) is 37.7 Å². The number of hydrogen-bond acceptors (Lipinski definition) is 5. The molecule has 0 radical (unpaired) electrons. The van der Waals surface area contributed by atoms with E-state index < -0.39 is 17.5 Å². The Kier molecular flexibility index (Phi) is 6.31. The van der Waals surface area contributed by atoms with Gasteiger partial charge in [-0.05, 0) is 26.2 Å². The second-order valence-corrected chi connectivity index (χ2v) is 5.24. The first-order valence-corrected chi connectivity index (χ1v) is 6.67. The minimum absolute atomic E-state index is 0.0110. The molecule has 0 aromatic carbocycles. The first-order chi connectivity index (χ1) is 8.91. The number of alkyl halides is 1. The van der Waals surface area contributed by atoms with Crippen LogP contribution < -0.4 is 0 Å². The van der Waals surface area contributed by atoms with Gasteiger partial charge in [-0.15, -0.1) is 11.6 Å². The maximum absolute atomic E-state index is 11.7. The second kappa shape index (κ2) is 7.50. The van der Waals surface area contributed by atoms with Crippen LogP contribution in [-0.2, 0) is 19.1 Å². The van der Waals surface area contributed by atoms with Gasteiger partial charge in [0.2, 0.25) is 0 Å². The Morgan fingerprint density at radius 2 is 1.95 bits per heavy atom. The first kappa shape index (κ1) is 16.0. The normalized spacial score (nSPS) is 26.6. The van der Waals surface area contributed by atoms with Gasteiger partial charge in [0, 0.05) is 5.57 Å². The average molecular weight is 291 g/mol. The summed E-state index contributed by atoms with van der Waals surface area (Å²) in [5.41, 5.74) is 0.303. The highest BCUT2D eigenvalue weighted by Crippen LogP contribution is 2.29. The van der Waals surface area contributed by atoms with Crippen molar-refractivity contribution in [3.63, 3.8) is 0 Å². The average Bonchev–Trinajstić information content (AvgIpc) is 2.37. The van der Waals surface area contributed by atoms with Crippen molar-refractivity contribution in [2.24, 2.45) is 5.92 Å². The molecule has 1 saturated carbocycles. The van der Waals surface area contributed by atoms with Crippen molar-refractivity contribution < 1.29 is 24.2 Å². The highest BCUT2D eigenvalue weighted by Gasteiger charge is 2.32. The summed E-state index contributed by atoms with van der Waals surface area (Å²) >= 11 is 5.91. The number of carbonyl (C=O) groups excluding carboxylic acids is 2. The van der Waals surface area contributed by atoms with Crippen LogP contribution in [0, 0.1) is 5.92 Å². The number of aliphatic hydroxyl groups is 1. The molecule has 1 aliphatic rings. The fourth-order valence-electron chi connectivity index (χ4n) is 1.83. The number of esters is 2. The van der Waals surface area contributed by atoms with Crippen molar-refractivity contribution >= 4 is 23.5 Å². The van der Waals surface area contributed by atoms with E-state index >= 15 is 0 Å². The highest BCUT2D eigenvalue weighted by atomic mass is 35.5. The Balaban J connectivity index is 2.21. The van der Waals surface area contributed by atoms with E-state index in [9.17, 15) is 14.7 Å². The van der Waals surface area contributed by atoms with E-state index in [0.717, 1.165) is 0 Å². The van der Waals surface area contributed by atoms with Crippen LogP contribution in [0.2, 0.25) is 0 Å². The lowest BCUT2D eigenvalue weighted by molar-refractivity contribution is -0.155. The van der Waals surface area contributed by atoms with E-state index in [1.807, 2.05) is 0 Å². The van der Waals surface area contributed by atoms with Gasteiger partial charge < -0.3 is 14.6 Å². The lowest BCUT2D eigenvalue weighted by Crippen LogP contribution is -2.34. The SMILES string of the molecule is C=C(C)C(=O)OCCOC(=O)C1CCC(O)C(Cl)C1. The molecule has 0 bridgehead atoms. The van der Waals surface area contributed by atoms with Crippen LogP contribution in [0.5, 0.6) is 0 Å². The van der Waals surface area contributed by atoms with Crippen molar-refractivity contribution in [3.8, 4) is 0 Å². The predicted octanol–water partition coefficient (Wildman–Crippen LogP) is 1.42. The van der Waals surface area contributed by atoms with E-state index in [1.165, 1.54) is 0 Å². The zero-order valence-corrected chi connectivity index (χ0v) is 11.7. The molecular weight excluding hydrogens is 272 g/mol. The summed E-state index contributed by atoms with van der Waals surface area (Å²) < 4.78 is 9.81. The summed E-state index contributed by atoms with van der Waals surface area (Å²) in [7, 11) is 0. The molecule has 3 unspecified atom stereocenters. The van der Waals surface area contributed by atoms with Gasteiger partial charge in [-0.2, -0.15) is 0 Å². The largest absolute Gasteiger partial charge is 0.462 e. The monoisotopic (exact) mass is 290 g/mol. The number of aliphatic hydroxyl groups excluding tert-OH is 1. The van der Waals surface area contributed by atoms with E-state index in [0.29, 0.717) is 24.8 Å². The van der Waals surface area contributed by atoms with Gasteiger partial charge in [-0.1, -0.05) is 6.58 Å².